The van der Waals surface area contributed by atoms with E-state index < -0.39 is 12.2 Å². The van der Waals surface area contributed by atoms with Gasteiger partial charge in [-0.05, 0) is 75.2 Å². The van der Waals surface area contributed by atoms with Gasteiger partial charge >= 0.3 is 0 Å². The van der Waals surface area contributed by atoms with Crippen LogP contribution < -0.4 is 9.47 Å². The van der Waals surface area contributed by atoms with Crippen LogP contribution in [0.3, 0.4) is 0 Å². The van der Waals surface area contributed by atoms with Crippen LogP contribution in [-0.4, -0.2) is 109 Å². The first kappa shape index (κ1) is 30.0. The van der Waals surface area contributed by atoms with Gasteiger partial charge < -0.3 is 39.7 Å². The molecule has 0 heterocycles. The Bertz CT molecular complexity index is 836. The van der Waals surface area contributed by atoms with Crippen LogP contribution >= 0.6 is 0 Å². The molecule has 2 aromatic carbocycles. The van der Waals surface area contributed by atoms with E-state index in [9.17, 15) is 10.2 Å². The number of hydrogen-bond acceptors (Lipinski definition) is 8. The van der Waals surface area contributed by atoms with Crippen LogP contribution in [0.5, 0.6) is 11.5 Å². The summed E-state index contributed by atoms with van der Waals surface area (Å²) in [5.41, 5.74) is 4.37. The van der Waals surface area contributed by atoms with E-state index in [2.05, 4.69) is 26.0 Å². The number of rotatable bonds is 17. The third-order valence-corrected chi connectivity index (χ3v) is 6.21. The lowest BCUT2D eigenvalue weighted by Gasteiger charge is -2.20. The second-order valence-electron chi connectivity index (χ2n) is 9.46. The maximum absolute atomic E-state index is 9.55. The van der Waals surface area contributed by atoms with Crippen LogP contribution in [0.4, 0.5) is 0 Å². The molecular formula is C28H44N2O6. The van der Waals surface area contributed by atoms with E-state index in [1.165, 1.54) is 0 Å². The molecule has 202 valence electrons. The Morgan fingerprint density at radius 1 is 0.694 bits per heavy atom. The summed E-state index contributed by atoms with van der Waals surface area (Å²) in [4.78, 5) is 3.97. The Balaban J connectivity index is 1.94. The first-order chi connectivity index (χ1) is 17.3. The number of aliphatic hydroxyl groups is 4. The third kappa shape index (κ3) is 9.69. The second-order valence-corrected chi connectivity index (χ2v) is 9.46. The highest BCUT2D eigenvalue weighted by Gasteiger charge is 2.13. The first-order valence-electron chi connectivity index (χ1n) is 12.7. The molecule has 2 unspecified atom stereocenters. The minimum Gasteiger partial charge on any atom is -0.493 e. The van der Waals surface area contributed by atoms with Gasteiger partial charge in [0.1, 0.15) is 11.5 Å². The fourth-order valence-electron chi connectivity index (χ4n) is 4.18. The van der Waals surface area contributed by atoms with E-state index in [1.54, 1.807) is 0 Å². The minimum atomic E-state index is -0.718. The molecule has 4 N–H and O–H groups in total. The standard InChI is InChI=1S/C28H44N2O6/c1-21-25(9-5-11-27(21)35-15-7-13-29(3)17-23(33)19-31)26-10-6-12-28(22(26)2)36-16-8-14-30(4)18-24(34)20-32/h5-6,9-12,23-24,31-34H,7-8,13-20H2,1-4H3. The van der Waals surface area contributed by atoms with Crippen molar-refractivity contribution in [2.45, 2.75) is 38.9 Å². The van der Waals surface area contributed by atoms with Crippen molar-refractivity contribution in [2.24, 2.45) is 0 Å². The normalized spacial score (nSPS) is 13.3. The van der Waals surface area contributed by atoms with E-state index >= 15 is 0 Å². The van der Waals surface area contributed by atoms with Crippen LogP contribution in [-0.2, 0) is 0 Å². The van der Waals surface area contributed by atoms with Gasteiger partial charge in [-0.2, -0.15) is 0 Å². The summed E-state index contributed by atoms with van der Waals surface area (Å²) in [5, 5.41) is 37.0. The van der Waals surface area contributed by atoms with Crippen molar-refractivity contribution in [3.05, 3.63) is 47.5 Å². The van der Waals surface area contributed by atoms with E-state index in [0.29, 0.717) is 26.3 Å². The summed E-state index contributed by atoms with van der Waals surface area (Å²) in [5.74, 6) is 1.70. The molecule has 0 aliphatic carbocycles. The Kier molecular flexibility index (Phi) is 13.2. The quantitative estimate of drug-likeness (QED) is 0.243. The average molecular weight is 505 g/mol. The number of likely N-dealkylation sites (N-methyl/N-ethyl adjacent to an activating group) is 2. The lowest BCUT2D eigenvalue weighted by Crippen LogP contribution is -2.32. The lowest BCUT2D eigenvalue weighted by molar-refractivity contribution is 0.0653. The summed E-state index contributed by atoms with van der Waals surface area (Å²) in [6.07, 6.45) is 0.194. The maximum Gasteiger partial charge on any atom is 0.122 e. The summed E-state index contributed by atoms with van der Waals surface area (Å²) in [6.45, 7) is 7.22. The number of benzene rings is 2. The molecule has 2 atom stereocenters. The SMILES string of the molecule is Cc1c(OCCCN(C)CC(O)CO)cccc1-c1cccc(OCCCN(C)CC(O)CO)c1C. The van der Waals surface area contributed by atoms with Gasteiger partial charge in [-0.25, -0.2) is 0 Å². The lowest BCUT2D eigenvalue weighted by atomic mass is 9.95. The van der Waals surface area contributed by atoms with E-state index in [-0.39, 0.29) is 13.2 Å². The number of ether oxygens (including phenoxy) is 2. The van der Waals surface area contributed by atoms with E-state index in [4.69, 9.17) is 19.7 Å². The molecule has 0 saturated heterocycles. The molecule has 0 fully saturated rings. The molecule has 0 aromatic heterocycles. The van der Waals surface area contributed by atoms with Gasteiger partial charge in [-0.3, -0.25) is 0 Å². The average Bonchev–Trinajstić information content (AvgIpc) is 2.86. The Labute approximate surface area is 215 Å². The molecule has 0 aliphatic rings. The van der Waals surface area contributed by atoms with Gasteiger partial charge in [0.15, 0.2) is 0 Å². The van der Waals surface area contributed by atoms with Crippen molar-refractivity contribution in [2.75, 3.05) is 66.7 Å². The fourth-order valence-corrected chi connectivity index (χ4v) is 4.18. The highest BCUT2D eigenvalue weighted by Crippen LogP contribution is 2.35. The van der Waals surface area contributed by atoms with Crippen molar-refractivity contribution in [1.29, 1.82) is 0 Å². The Hall–Kier alpha value is -2.20. The zero-order chi connectivity index (χ0) is 26.5. The zero-order valence-corrected chi connectivity index (χ0v) is 22.2. The van der Waals surface area contributed by atoms with Gasteiger partial charge in [0.2, 0.25) is 0 Å². The van der Waals surface area contributed by atoms with Crippen LogP contribution in [0, 0.1) is 13.8 Å². The summed E-state index contributed by atoms with van der Waals surface area (Å²) in [6, 6.07) is 12.2. The van der Waals surface area contributed by atoms with Crippen LogP contribution in [0.25, 0.3) is 11.1 Å². The fraction of sp³-hybridized carbons (Fsp3) is 0.571. The number of aliphatic hydroxyl groups excluding tert-OH is 4. The molecule has 0 bridgehead atoms. The smallest absolute Gasteiger partial charge is 0.122 e. The van der Waals surface area contributed by atoms with Crippen LogP contribution in [0.15, 0.2) is 36.4 Å². The summed E-state index contributed by atoms with van der Waals surface area (Å²) < 4.78 is 12.2. The third-order valence-electron chi connectivity index (χ3n) is 6.21. The van der Waals surface area contributed by atoms with Gasteiger partial charge in [-0.15, -0.1) is 0 Å². The molecule has 36 heavy (non-hydrogen) atoms. The predicted molar refractivity (Wildman–Crippen MR) is 143 cm³/mol. The van der Waals surface area contributed by atoms with Crippen LogP contribution in [0.1, 0.15) is 24.0 Å². The van der Waals surface area contributed by atoms with Gasteiger partial charge in [-0.1, -0.05) is 24.3 Å². The predicted octanol–water partition coefficient (Wildman–Crippen LogP) is 2.08. The molecule has 0 saturated carbocycles. The Morgan fingerprint density at radius 2 is 1.08 bits per heavy atom. The maximum atomic E-state index is 9.55. The van der Waals surface area contributed by atoms with Crippen molar-refractivity contribution in [3.63, 3.8) is 0 Å². The molecule has 2 aromatic rings. The molecule has 0 spiro atoms. The summed E-state index contributed by atoms with van der Waals surface area (Å²) >= 11 is 0. The van der Waals surface area contributed by atoms with Crippen molar-refractivity contribution < 1.29 is 29.9 Å². The van der Waals surface area contributed by atoms with Crippen LogP contribution in [0.2, 0.25) is 0 Å². The molecular weight excluding hydrogens is 460 g/mol. The molecule has 0 amide bonds. The van der Waals surface area contributed by atoms with E-state index in [0.717, 1.165) is 59.7 Å². The molecule has 8 nitrogen and oxygen atoms in total. The molecule has 0 aliphatic heterocycles. The largest absolute Gasteiger partial charge is 0.493 e. The number of nitrogens with zero attached hydrogens (tertiary/aromatic N) is 2. The molecule has 0 radical (unpaired) electrons. The summed E-state index contributed by atoms with van der Waals surface area (Å²) in [7, 11) is 3.84. The Morgan fingerprint density at radius 3 is 1.44 bits per heavy atom. The molecule has 8 heteroatoms. The van der Waals surface area contributed by atoms with E-state index in [1.807, 2.05) is 48.2 Å². The van der Waals surface area contributed by atoms with Gasteiger partial charge in [0.25, 0.3) is 0 Å². The number of hydrogen-bond donors (Lipinski definition) is 4. The minimum absolute atomic E-state index is 0.230. The van der Waals surface area contributed by atoms with Crippen molar-refractivity contribution in [1.82, 2.24) is 9.80 Å². The van der Waals surface area contributed by atoms with Gasteiger partial charge in [0, 0.05) is 26.2 Å². The first-order valence-corrected chi connectivity index (χ1v) is 12.7. The van der Waals surface area contributed by atoms with Gasteiger partial charge in [0.05, 0.1) is 38.6 Å². The van der Waals surface area contributed by atoms with Crippen molar-refractivity contribution in [3.8, 4) is 22.6 Å². The molecule has 2 rings (SSSR count). The monoisotopic (exact) mass is 504 g/mol. The highest BCUT2D eigenvalue weighted by molar-refractivity contribution is 5.74. The zero-order valence-electron chi connectivity index (χ0n) is 22.2. The topological polar surface area (TPSA) is 106 Å². The second kappa shape index (κ2) is 15.8. The highest BCUT2D eigenvalue weighted by atomic mass is 16.5. The van der Waals surface area contributed by atoms with Crippen molar-refractivity contribution >= 4 is 0 Å².